The maximum absolute atomic E-state index is 11.9. The van der Waals surface area contributed by atoms with Crippen LogP contribution in [-0.4, -0.2) is 38.6 Å². The van der Waals surface area contributed by atoms with Crippen molar-refractivity contribution in [1.82, 2.24) is 20.3 Å². The zero-order chi connectivity index (χ0) is 16.4. The van der Waals surface area contributed by atoms with Crippen molar-refractivity contribution in [3.8, 4) is 5.75 Å². The van der Waals surface area contributed by atoms with Crippen LogP contribution in [0.5, 0.6) is 5.75 Å². The third kappa shape index (κ3) is 3.42. The second kappa shape index (κ2) is 6.25. The molecule has 1 amide bonds. The molecule has 0 fully saturated rings. The van der Waals surface area contributed by atoms with E-state index in [0.717, 1.165) is 28.0 Å². The van der Waals surface area contributed by atoms with Crippen molar-refractivity contribution >= 4 is 23.5 Å². The van der Waals surface area contributed by atoms with Crippen molar-refractivity contribution in [2.24, 2.45) is 0 Å². The van der Waals surface area contributed by atoms with E-state index in [4.69, 9.17) is 21.4 Å². The topological polar surface area (TPSA) is 106 Å². The van der Waals surface area contributed by atoms with E-state index in [1.54, 1.807) is 6.07 Å². The first-order valence-electron chi connectivity index (χ1n) is 6.87. The van der Waals surface area contributed by atoms with E-state index in [9.17, 15) is 9.59 Å². The summed E-state index contributed by atoms with van der Waals surface area (Å²) in [4.78, 5) is 22.6. The molecule has 0 aliphatic carbocycles. The summed E-state index contributed by atoms with van der Waals surface area (Å²) in [5, 5.41) is 19.1. The summed E-state index contributed by atoms with van der Waals surface area (Å²) in [6, 6.07) is 3.61. The Morgan fingerprint density at radius 3 is 3.00 bits per heavy atom. The summed E-state index contributed by atoms with van der Waals surface area (Å²) < 4.78 is 6.73. The lowest BCUT2D eigenvalue weighted by atomic mass is 10.1. The van der Waals surface area contributed by atoms with Gasteiger partial charge < -0.3 is 15.2 Å². The minimum Gasteiger partial charge on any atom is -0.493 e. The van der Waals surface area contributed by atoms with E-state index in [1.165, 1.54) is 6.20 Å². The average molecular weight is 337 g/mol. The molecule has 1 aromatic heterocycles. The van der Waals surface area contributed by atoms with Gasteiger partial charge >= 0.3 is 5.97 Å². The first kappa shape index (κ1) is 15.3. The molecule has 3 rings (SSSR count). The molecule has 0 saturated heterocycles. The molecule has 0 unspecified atom stereocenters. The Hall–Kier alpha value is -2.61. The van der Waals surface area contributed by atoms with Gasteiger partial charge in [0.2, 0.25) is 5.91 Å². The van der Waals surface area contributed by atoms with Gasteiger partial charge in [-0.3, -0.25) is 4.79 Å². The fourth-order valence-electron chi connectivity index (χ4n) is 2.35. The van der Waals surface area contributed by atoms with Crippen molar-refractivity contribution in [1.29, 1.82) is 0 Å². The summed E-state index contributed by atoms with van der Waals surface area (Å²) in [5.74, 6) is -0.745. The number of nitrogens with one attached hydrogen (secondary N) is 1. The number of hydrogen-bond acceptors (Lipinski definition) is 5. The molecule has 8 nitrogen and oxygen atoms in total. The minimum absolute atomic E-state index is 0.121. The third-order valence-corrected chi connectivity index (χ3v) is 3.58. The van der Waals surface area contributed by atoms with Crippen molar-refractivity contribution in [2.75, 3.05) is 6.61 Å². The van der Waals surface area contributed by atoms with E-state index in [0.29, 0.717) is 11.6 Å². The molecule has 2 N–H and O–H groups in total. The number of fused-ring (bicyclic) bond motifs is 1. The van der Waals surface area contributed by atoms with Gasteiger partial charge in [0.25, 0.3) is 0 Å². The van der Waals surface area contributed by atoms with Gasteiger partial charge in [-0.25, -0.2) is 9.48 Å². The smallest absolute Gasteiger partial charge is 0.358 e. The molecule has 120 valence electrons. The van der Waals surface area contributed by atoms with Crippen LogP contribution in [0.15, 0.2) is 18.3 Å². The van der Waals surface area contributed by atoms with E-state index in [2.05, 4.69) is 15.6 Å². The number of halogens is 1. The molecule has 0 bridgehead atoms. The van der Waals surface area contributed by atoms with Crippen molar-refractivity contribution < 1.29 is 19.4 Å². The van der Waals surface area contributed by atoms with Gasteiger partial charge in [0, 0.05) is 23.6 Å². The Labute approximate surface area is 136 Å². The van der Waals surface area contributed by atoms with Gasteiger partial charge in [0.15, 0.2) is 5.69 Å². The largest absolute Gasteiger partial charge is 0.493 e. The number of carbonyl (C=O) groups is 2. The molecule has 1 aliphatic heterocycles. The van der Waals surface area contributed by atoms with Crippen LogP contribution in [0, 0.1) is 0 Å². The fraction of sp³-hybridized carbons (Fsp3) is 0.286. The molecule has 23 heavy (non-hydrogen) atoms. The van der Waals surface area contributed by atoms with Crippen LogP contribution in [0.3, 0.4) is 0 Å². The number of carboxylic acid groups (broad SMARTS) is 1. The van der Waals surface area contributed by atoms with E-state index < -0.39 is 5.97 Å². The van der Waals surface area contributed by atoms with E-state index in [-0.39, 0.29) is 24.7 Å². The monoisotopic (exact) mass is 336 g/mol. The number of carbonyl (C=O) groups excluding carboxylic acids is 1. The van der Waals surface area contributed by atoms with Crippen LogP contribution in [0.4, 0.5) is 0 Å². The van der Waals surface area contributed by atoms with Crippen LogP contribution in [0.1, 0.15) is 21.6 Å². The standard InChI is InChI=1S/C14H13ClN4O4/c15-10-3-8-1-2-23-13(8)9(4-10)5-16-12(20)7-19-6-11(14(21)22)17-18-19/h3-4,6H,1-2,5,7H2,(H,16,20)(H,21,22). The molecule has 2 heterocycles. The predicted octanol–water partition coefficient (Wildman–Crippen LogP) is 0.881. The number of amides is 1. The number of carboxylic acids is 1. The van der Waals surface area contributed by atoms with E-state index >= 15 is 0 Å². The Balaban J connectivity index is 1.62. The minimum atomic E-state index is -1.19. The summed E-state index contributed by atoms with van der Waals surface area (Å²) in [6.45, 7) is 0.750. The Kier molecular flexibility index (Phi) is 4.16. The van der Waals surface area contributed by atoms with Gasteiger partial charge in [-0.15, -0.1) is 5.10 Å². The molecule has 9 heteroatoms. The van der Waals surface area contributed by atoms with Crippen molar-refractivity contribution in [3.05, 3.63) is 40.2 Å². The SMILES string of the molecule is O=C(Cn1cc(C(=O)O)nn1)NCc1cc(Cl)cc2c1OCC2. The Morgan fingerprint density at radius 2 is 2.26 bits per heavy atom. The molecule has 0 radical (unpaired) electrons. The maximum Gasteiger partial charge on any atom is 0.358 e. The van der Waals surface area contributed by atoms with Crippen LogP contribution < -0.4 is 10.1 Å². The summed E-state index contributed by atoms with van der Waals surface area (Å²) in [7, 11) is 0. The first-order chi connectivity index (χ1) is 11.0. The molecule has 1 aliphatic rings. The third-order valence-electron chi connectivity index (χ3n) is 3.36. The highest BCUT2D eigenvalue weighted by Crippen LogP contribution is 2.32. The summed E-state index contributed by atoms with van der Waals surface area (Å²) in [6.07, 6.45) is 2.00. The second-order valence-corrected chi connectivity index (χ2v) is 5.47. The van der Waals surface area contributed by atoms with Gasteiger partial charge in [0.05, 0.1) is 12.8 Å². The number of nitrogens with zero attached hydrogens (tertiary/aromatic N) is 3. The number of ether oxygens (including phenoxy) is 1. The van der Waals surface area contributed by atoms with Gasteiger partial charge in [-0.05, 0) is 17.7 Å². The zero-order valence-corrected chi connectivity index (χ0v) is 12.7. The normalized spacial score (nSPS) is 12.6. The molecule has 0 spiro atoms. The molecule has 1 aromatic carbocycles. The molecule has 2 aromatic rings. The molecular weight excluding hydrogens is 324 g/mol. The maximum atomic E-state index is 11.9. The molecule has 0 saturated carbocycles. The van der Waals surface area contributed by atoms with Crippen molar-refractivity contribution in [3.63, 3.8) is 0 Å². The number of aromatic carboxylic acids is 1. The van der Waals surface area contributed by atoms with Crippen LogP contribution >= 0.6 is 11.6 Å². The van der Waals surface area contributed by atoms with Crippen LogP contribution in [0.2, 0.25) is 5.02 Å². The van der Waals surface area contributed by atoms with Crippen LogP contribution in [-0.2, 0) is 24.3 Å². The number of aromatic nitrogens is 3. The number of rotatable bonds is 5. The lowest BCUT2D eigenvalue weighted by Gasteiger charge is -2.10. The van der Waals surface area contributed by atoms with Gasteiger partial charge in [0.1, 0.15) is 12.3 Å². The van der Waals surface area contributed by atoms with Gasteiger partial charge in [-0.2, -0.15) is 0 Å². The highest BCUT2D eigenvalue weighted by Gasteiger charge is 2.18. The van der Waals surface area contributed by atoms with Crippen molar-refractivity contribution in [2.45, 2.75) is 19.5 Å². The predicted molar refractivity (Wildman–Crippen MR) is 79.5 cm³/mol. The highest BCUT2D eigenvalue weighted by molar-refractivity contribution is 6.30. The number of hydrogen-bond donors (Lipinski definition) is 2. The molecule has 0 atom stereocenters. The summed E-state index contributed by atoms with van der Waals surface area (Å²) in [5.41, 5.74) is 1.63. The lowest BCUT2D eigenvalue weighted by molar-refractivity contribution is -0.122. The highest BCUT2D eigenvalue weighted by atomic mass is 35.5. The Morgan fingerprint density at radius 1 is 1.43 bits per heavy atom. The molecular formula is C14H13ClN4O4. The second-order valence-electron chi connectivity index (χ2n) is 5.03. The summed E-state index contributed by atoms with van der Waals surface area (Å²) >= 11 is 6.06. The van der Waals surface area contributed by atoms with Crippen LogP contribution in [0.25, 0.3) is 0 Å². The quantitative estimate of drug-likeness (QED) is 0.839. The lowest BCUT2D eigenvalue weighted by Crippen LogP contribution is -2.27. The Bertz CT molecular complexity index is 774. The van der Waals surface area contributed by atoms with E-state index in [1.807, 2.05) is 6.07 Å². The zero-order valence-electron chi connectivity index (χ0n) is 12.0. The first-order valence-corrected chi connectivity index (χ1v) is 7.25. The fourth-order valence-corrected chi connectivity index (χ4v) is 2.61. The number of benzene rings is 1. The average Bonchev–Trinajstić information content (AvgIpc) is 3.13. The van der Waals surface area contributed by atoms with Gasteiger partial charge in [-0.1, -0.05) is 16.8 Å².